The highest BCUT2D eigenvalue weighted by atomic mass is 16.3. The van der Waals surface area contributed by atoms with Crippen LogP contribution in [0.15, 0.2) is 47.6 Å². The van der Waals surface area contributed by atoms with Gasteiger partial charge in [0.15, 0.2) is 0 Å². The molecule has 0 amide bonds. The predicted octanol–water partition coefficient (Wildman–Crippen LogP) is 10.5. The number of aliphatic hydroxyl groups is 6. The molecule has 6 heteroatoms. The van der Waals surface area contributed by atoms with E-state index in [0.29, 0.717) is 74.0 Å². The standard InChI is InChI=1S/2C25H44O3/c2*1-17(2)23(28)11-10-18(3)25(6)13-12-20(24(25,4)5)9-7-8-19-14-21(26)16-22(27)15-19/h2*7-9,17-18,20-23,26-28H,10-16H2,1-6H3/b2*9-7+/t18-,20+,21+,22+,23+,25+;18-,20+,21+,22+,23-,25+/m00/s1. The number of hydrogen-bond acceptors (Lipinski definition) is 6. The maximum Gasteiger partial charge on any atom is 0.0602 e. The fourth-order valence-corrected chi connectivity index (χ4v) is 11.0. The van der Waals surface area contributed by atoms with Gasteiger partial charge in [0.05, 0.1) is 36.6 Å². The first kappa shape index (κ1) is 49.1. The monoisotopic (exact) mass is 785 g/mol. The third kappa shape index (κ3) is 12.4. The summed E-state index contributed by atoms with van der Waals surface area (Å²) in [5.41, 5.74) is 3.24. The molecule has 4 saturated carbocycles. The van der Waals surface area contributed by atoms with Gasteiger partial charge in [-0.25, -0.2) is 0 Å². The highest BCUT2D eigenvalue weighted by Gasteiger charge is 2.53. The lowest BCUT2D eigenvalue weighted by molar-refractivity contribution is 0.0277. The van der Waals surface area contributed by atoms with E-state index in [4.69, 9.17) is 0 Å². The first-order chi connectivity index (χ1) is 25.9. The number of rotatable bonds is 14. The van der Waals surface area contributed by atoms with Crippen molar-refractivity contribution < 1.29 is 30.6 Å². The van der Waals surface area contributed by atoms with Crippen molar-refractivity contribution in [3.8, 4) is 0 Å². The molecule has 324 valence electrons. The average Bonchev–Trinajstić information content (AvgIpc) is 3.47. The molecule has 0 aromatic carbocycles. The minimum absolute atomic E-state index is 0.195. The maximum atomic E-state index is 10.2. The molecule has 0 spiro atoms. The summed E-state index contributed by atoms with van der Waals surface area (Å²) in [4.78, 5) is 0. The van der Waals surface area contributed by atoms with E-state index in [-0.39, 0.29) is 33.9 Å². The zero-order chi connectivity index (χ0) is 42.2. The molecule has 0 unspecified atom stereocenters. The summed E-state index contributed by atoms with van der Waals surface area (Å²) >= 11 is 0. The predicted molar refractivity (Wildman–Crippen MR) is 234 cm³/mol. The van der Waals surface area contributed by atoms with E-state index < -0.39 is 24.4 Å². The van der Waals surface area contributed by atoms with Crippen molar-refractivity contribution in [1.82, 2.24) is 0 Å². The molecule has 0 saturated heterocycles. The Morgan fingerprint density at radius 3 is 1.11 bits per heavy atom. The summed E-state index contributed by atoms with van der Waals surface area (Å²) in [6.07, 6.45) is 23.7. The van der Waals surface area contributed by atoms with Crippen molar-refractivity contribution >= 4 is 0 Å². The van der Waals surface area contributed by atoms with Gasteiger partial charge in [0.1, 0.15) is 0 Å². The molecular weight excluding hydrogens is 697 g/mol. The van der Waals surface area contributed by atoms with Crippen LogP contribution in [0.1, 0.15) is 173 Å². The van der Waals surface area contributed by atoms with Crippen LogP contribution in [-0.2, 0) is 0 Å². The Morgan fingerprint density at radius 1 is 0.518 bits per heavy atom. The van der Waals surface area contributed by atoms with E-state index in [0.717, 1.165) is 36.8 Å². The van der Waals surface area contributed by atoms with E-state index >= 15 is 0 Å². The molecule has 0 aromatic rings. The second-order valence-corrected chi connectivity index (χ2v) is 21.5. The minimum Gasteiger partial charge on any atom is -0.393 e. The van der Waals surface area contributed by atoms with Crippen LogP contribution >= 0.6 is 0 Å². The Bertz CT molecular complexity index is 1200. The lowest BCUT2D eigenvalue weighted by Crippen LogP contribution is -2.39. The Kier molecular flexibility index (Phi) is 18.2. The second-order valence-electron chi connectivity index (χ2n) is 21.5. The van der Waals surface area contributed by atoms with E-state index in [1.54, 1.807) is 0 Å². The second kappa shape index (κ2) is 20.8. The van der Waals surface area contributed by atoms with E-state index in [1.807, 2.05) is 0 Å². The minimum atomic E-state index is -0.406. The van der Waals surface area contributed by atoms with Gasteiger partial charge < -0.3 is 30.6 Å². The molecule has 0 aliphatic heterocycles. The van der Waals surface area contributed by atoms with Crippen LogP contribution in [-0.4, -0.2) is 67.3 Å². The van der Waals surface area contributed by atoms with Crippen LogP contribution < -0.4 is 0 Å². The summed E-state index contributed by atoms with van der Waals surface area (Å²) in [6, 6.07) is 0. The molecule has 4 aliphatic rings. The van der Waals surface area contributed by atoms with Gasteiger partial charge >= 0.3 is 0 Å². The van der Waals surface area contributed by atoms with Crippen LogP contribution in [0.4, 0.5) is 0 Å². The molecule has 0 aromatic heterocycles. The smallest absolute Gasteiger partial charge is 0.0602 e. The van der Waals surface area contributed by atoms with Crippen molar-refractivity contribution in [2.45, 2.75) is 210 Å². The molecule has 12 atom stereocenters. The lowest BCUT2D eigenvalue weighted by Gasteiger charge is -2.46. The number of allylic oxidation sites excluding steroid dienone is 6. The Hall–Kier alpha value is -1.28. The Balaban J connectivity index is 0.000000300. The fraction of sp³-hybridized carbons (Fsp3) is 0.840. The summed E-state index contributed by atoms with van der Waals surface area (Å²) in [7, 11) is 0. The molecule has 0 heterocycles. The van der Waals surface area contributed by atoms with Crippen molar-refractivity contribution in [3.63, 3.8) is 0 Å². The van der Waals surface area contributed by atoms with Gasteiger partial charge in [-0.05, 0) is 147 Å². The SMILES string of the molecule is CC(C)[C@@H](O)CC[C@H](C)[C@@]1(C)CC[C@@H](/C=C/C=C2C[C@@H](O)C[C@H](O)C2)C1(C)C.CC(C)[C@H](O)CC[C@H](C)[C@@]1(C)CC[C@@H](/C=C/C=C2C[C@@H](O)C[C@H](O)C2)C1(C)C. The Labute approximate surface area is 344 Å². The molecule has 56 heavy (non-hydrogen) atoms. The van der Waals surface area contributed by atoms with Crippen molar-refractivity contribution in [1.29, 1.82) is 0 Å². The highest BCUT2D eigenvalue weighted by molar-refractivity contribution is 5.20. The first-order valence-electron chi connectivity index (χ1n) is 22.7. The summed E-state index contributed by atoms with van der Waals surface area (Å²) in [5, 5.41) is 59.8. The summed E-state index contributed by atoms with van der Waals surface area (Å²) in [6.45, 7) is 27.6. The molecule has 0 bridgehead atoms. The average molecular weight is 785 g/mol. The highest BCUT2D eigenvalue weighted by Crippen LogP contribution is 2.62. The van der Waals surface area contributed by atoms with Crippen molar-refractivity contribution in [3.05, 3.63) is 47.6 Å². The van der Waals surface area contributed by atoms with E-state index in [2.05, 4.69) is 120 Å². The third-order valence-electron chi connectivity index (χ3n) is 16.7. The number of aliphatic hydroxyl groups excluding tert-OH is 6. The van der Waals surface area contributed by atoms with Gasteiger partial charge in [0.2, 0.25) is 0 Å². The third-order valence-corrected chi connectivity index (χ3v) is 16.7. The van der Waals surface area contributed by atoms with E-state index in [1.165, 1.54) is 25.7 Å². The normalized spacial score (nSPS) is 35.5. The van der Waals surface area contributed by atoms with Gasteiger partial charge in [-0.3, -0.25) is 0 Å². The largest absolute Gasteiger partial charge is 0.393 e. The number of hydrogen-bond donors (Lipinski definition) is 6. The first-order valence-corrected chi connectivity index (χ1v) is 22.7. The molecule has 4 fully saturated rings. The van der Waals surface area contributed by atoms with Gasteiger partial charge in [-0.2, -0.15) is 0 Å². The van der Waals surface area contributed by atoms with Gasteiger partial charge in [0.25, 0.3) is 0 Å². The molecule has 6 nitrogen and oxygen atoms in total. The van der Waals surface area contributed by atoms with Crippen molar-refractivity contribution in [2.75, 3.05) is 0 Å². The molecule has 4 aliphatic carbocycles. The lowest BCUT2D eigenvalue weighted by atomic mass is 9.59. The van der Waals surface area contributed by atoms with Crippen LogP contribution in [0, 0.1) is 57.2 Å². The molecule has 6 N–H and O–H groups in total. The van der Waals surface area contributed by atoms with Gasteiger partial charge in [-0.15, -0.1) is 0 Å². The van der Waals surface area contributed by atoms with E-state index in [9.17, 15) is 30.6 Å². The summed E-state index contributed by atoms with van der Waals surface area (Å²) < 4.78 is 0. The van der Waals surface area contributed by atoms with Crippen LogP contribution in [0.25, 0.3) is 0 Å². The zero-order valence-electron chi connectivity index (χ0n) is 38.0. The van der Waals surface area contributed by atoms with Crippen LogP contribution in [0.5, 0.6) is 0 Å². The fourth-order valence-electron chi connectivity index (χ4n) is 11.0. The maximum absolute atomic E-state index is 10.2. The van der Waals surface area contributed by atoms with Crippen LogP contribution in [0.2, 0.25) is 0 Å². The van der Waals surface area contributed by atoms with Crippen LogP contribution in [0.3, 0.4) is 0 Å². The topological polar surface area (TPSA) is 121 Å². The zero-order valence-corrected chi connectivity index (χ0v) is 38.0. The molecule has 4 rings (SSSR count). The Morgan fingerprint density at radius 2 is 0.821 bits per heavy atom. The van der Waals surface area contributed by atoms with Gasteiger partial charge in [0, 0.05) is 0 Å². The molecular formula is C50H88O6. The quantitative estimate of drug-likeness (QED) is 0.104. The summed E-state index contributed by atoms with van der Waals surface area (Å²) in [5.74, 6) is 2.89. The van der Waals surface area contributed by atoms with Gasteiger partial charge in [-0.1, -0.05) is 131 Å². The molecule has 0 radical (unpaired) electrons. The van der Waals surface area contributed by atoms with Crippen molar-refractivity contribution in [2.24, 2.45) is 57.2 Å².